The fourth-order valence-corrected chi connectivity index (χ4v) is 2.47. The van der Waals surface area contributed by atoms with Gasteiger partial charge in [-0.3, -0.25) is 9.59 Å². The summed E-state index contributed by atoms with van der Waals surface area (Å²) in [6, 6.07) is 11.0. The van der Waals surface area contributed by atoms with Crippen molar-refractivity contribution < 1.29 is 22.7 Å². The van der Waals surface area contributed by atoms with E-state index in [0.29, 0.717) is 10.8 Å². The number of nitrogens with zero attached hydrogens (tertiary/aromatic N) is 1. The Balaban J connectivity index is 1.61. The Kier molecular flexibility index (Phi) is 5.11. The Labute approximate surface area is 151 Å². The maximum atomic E-state index is 12.7. The van der Waals surface area contributed by atoms with E-state index < -0.39 is 23.2 Å². The van der Waals surface area contributed by atoms with Gasteiger partial charge in [-0.2, -0.15) is 18.3 Å². The first-order valence-corrected chi connectivity index (χ1v) is 7.92. The maximum Gasteiger partial charge on any atom is 0.416 e. The Bertz CT molecular complexity index is 1030. The Morgan fingerprint density at radius 3 is 2.59 bits per heavy atom. The van der Waals surface area contributed by atoms with Crippen LogP contribution in [0.15, 0.2) is 53.3 Å². The molecule has 3 rings (SSSR count). The lowest BCUT2D eigenvalue weighted by molar-refractivity contribution is -0.137. The summed E-state index contributed by atoms with van der Waals surface area (Å²) in [5, 5.41) is 9.31. The molecule has 3 aromatic rings. The number of benzene rings is 2. The molecule has 2 N–H and O–H groups in total. The first-order valence-electron chi connectivity index (χ1n) is 7.92. The van der Waals surface area contributed by atoms with E-state index in [1.54, 1.807) is 24.3 Å². The van der Waals surface area contributed by atoms with Gasteiger partial charge in [-0.15, -0.1) is 0 Å². The van der Waals surface area contributed by atoms with Crippen molar-refractivity contribution in [3.05, 3.63) is 70.1 Å². The van der Waals surface area contributed by atoms with E-state index in [1.165, 1.54) is 12.1 Å². The second-order valence-corrected chi connectivity index (χ2v) is 5.58. The molecule has 0 aliphatic rings. The average Bonchev–Trinajstić information content (AvgIpc) is 2.65. The third-order valence-corrected chi connectivity index (χ3v) is 3.73. The highest BCUT2D eigenvalue weighted by atomic mass is 19.4. The van der Waals surface area contributed by atoms with Crippen LogP contribution in [0.25, 0.3) is 10.8 Å². The minimum Gasteiger partial charge on any atom is -0.492 e. The Morgan fingerprint density at radius 1 is 1.11 bits per heavy atom. The van der Waals surface area contributed by atoms with E-state index in [0.717, 1.165) is 12.1 Å². The standard InChI is InChI=1S/C18H14F3N3O3/c19-18(20,21)11-4-3-5-12(10-11)27-9-8-22-17(26)15-13-6-1-2-7-14(13)16(25)24-23-15/h1-7,10H,8-9H2,(H,22,26)(H,24,25). The van der Waals surface area contributed by atoms with Crippen LogP contribution < -0.4 is 15.6 Å². The number of carbonyl (C=O) groups excluding carboxylic acids is 1. The number of hydrogen-bond donors (Lipinski definition) is 2. The lowest BCUT2D eigenvalue weighted by Gasteiger charge is -2.11. The first kappa shape index (κ1) is 18.4. The molecule has 0 saturated carbocycles. The van der Waals surface area contributed by atoms with Crippen molar-refractivity contribution in [2.75, 3.05) is 13.2 Å². The topological polar surface area (TPSA) is 84.1 Å². The number of aromatic nitrogens is 2. The van der Waals surface area contributed by atoms with Crippen LogP contribution in [0.5, 0.6) is 5.75 Å². The van der Waals surface area contributed by atoms with Crippen molar-refractivity contribution in [1.82, 2.24) is 15.5 Å². The molecule has 0 aliphatic carbocycles. The van der Waals surface area contributed by atoms with Crippen molar-refractivity contribution >= 4 is 16.7 Å². The molecule has 0 atom stereocenters. The number of rotatable bonds is 5. The molecule has 140 valence electrons. The quantitative estimate of drug-likeness (QED) is 0.670. The number of carbonyl (C=O) groups is 1. The normalized spacial score (nSPS) is 11.4. The van der Waals surface area contributed by atoms with Crippen molar-refractivity contribution in [2.45, 2.75) is 6.18 Å². The van der Waals surface area contributed by atoms with Crippen LogP contribution in [-0.4, -0.2) is 29.3 Å². The van der Waals surface area contributed by atoms with E-state index in [2.05, 4.69) is 15.5 Å². The van der Waals surface area contributed by atoms with Gasteiger partial charge in [-0.25, -0.2) is 5.10 Å². The van der Waals surface area contributed by atoms with Gasteiger partial charge in [0.15, 0.2) is 5.69 Å². The number of hydrogen-bond acceptors (Lipinski definition) is 4. The van der Waals surface area contributed by atoms with Gasteiger partial charge in [-0.05, 0) is 24.3 Å². The molecule has 1 aromatic heterocycles. The molecule has 1 heterocycles. The molecule has 0 radical (unpaired) electrons. The molecule has 9 heteroatoms. The highest BCUT2D eigenvalue weighted by molar-refractivity contribution is 6.04. The van der Waals surface area contributed by atoms with Crippen LogP contribution in [-0.2, 0) is 6.18 Å². The largest absolute Gasteiger partial charge is 0.492 e. The molecular formula is C18H14F3N3O3. The minimum absolute atomic E-state index is 0.0334. The van der Waals surface area contributed by atoms with E-state index >= 15 is 0 Å². The summed E-state index contributed by atoms with van der Waals surface area (Å²) in [6.07, 6.45) is -4.45. The van der Waals surface area contributed by atoms with E-state index in [-0.39, 0.29) is 24.6 Å². The SMILES string of the molecule is O=C(NCCOc1cccc(C(F)(F)F)c1)c1n[nH]c(=O)c2ccccc12. The molecule has 2 aromatic carbocycles. The predicted octanol–water partition coefficient (Wildman–Crippen LogP) is 2.75. The number of nitrogens with one attached hydrogen (secondary N) is 2. The molecule has 6 nitrogen and oxygen atoms in total. The summed E-state index contributed by atoms with van der Waals surface area (Å²) >= 11 is 0. The van der Waals surface area contributed by atoms with Gasteiger partial charge >= 0.3 is 6.18 Å². The lowest BCUT2D eigenvalue weighted by atomic mass is 10.1. The van der Waals surface area contributed by atoms with Crippen molar-refractivity contribution in [3.8, 4) is 5.75 Å². The van der Waals surface area contributed by atoms with E-state index in [1.807, 2.05) is 0 Å². The summed E-state index contributed by atoms with van der Waals surface area (Å²) in [6.45, 7) is 0.0124. The van der Waals surface area contributed by atoms with Crippen molar-refractivity contribution in [2.24, 2.45) is 0 Å². The fraction of sp³-hybridized carbons (Fsp3) is 0.167. The Hall–Kier alpha value is -3.36. The van der Waals surface area contributed by atoms with Crippen LogP contribution >= 0.6 is 0 Å². The van der Waals surface area contributed by atoms with Crippen LogP contribution in [0.4, 0.5) is 13.2 Å². The fourth-order valence-electron chi connectivity index (χ4n) is 2.47. The zero-order chi connectivity index (χ0) is 19.4. The maximum absolute atomic E-state index is 12.7. The first-order chi connectivity index (χ1) is 12.9. The average molecular weight is 377 g/mol. The predicted molar refractivity (Wildman–Crippen MR) is 91.6 cm³/mol. The van der Waals surface area contributed by atoms with Crippen molar-refractivity contribution in [1.29, 1.82) is 0 Å². The minimum atomic E-state index is -4.45. The molecule has 0 unspecified atom stereocenters. The monoisotopic (exact) mass is 377 g/mol. The number of alkyl halides is 3. The zero-order valence-corrected chi connectivity index (χ0v) is 13.8. The van der Waals surface area contributed by atoms with Gasteiger partial charge in [0, 0.05) is 5.39 Å². The summed E-state index contributed by atoms with van der Waals surface area (Å²) in [5.74, 6) is -0.484. The lowest BCUT2D eigenvalue weighted by Crippen LogP contribution is -2.30. The van der Waals surface area contributed by atoms with Gasteiger partial charge in [-0.1, -0.05) is 24.3 Å². The van der Waals surface area contributed by atoms with Gasteiger partial charge in [0.25, 0.3) is 11.5 Å². The molecule has 0 bridgehead atoms. The van der Waals surface area contributed by atoms with Gasteiger partial charge in [0.1, 0.15) is 12.4 Å². The third kappa shape index (κ3) is 4.25. The summed E-state index contributed by atoms with van der Waals surface area (Å²) in [4.78, 5) is 24.0. The second-order valence-electron chi connectivity index (χ2n) is 5.58. The van der Waals surface area contributed by atoms with Crippen LogP contribution in [0.3, 0.4) is 0 Å². The van der Waals surface area contributed by atoms with E-state index in [9.17, 15) is 22.8 Å². The van der Waals surface area contributed by atoms with Gasteiger partial charge < -0.3 is 10.1 Å². The number of aromatic amines is 1. The molecule has 0 fully saturated rings. The molecular weight excluding hydrogens is 363 g/mol. The van der Waals surface area contributed by atoms with E-state index in [4.69, 9.17) is 4.74 Å². The molecule has 27 heavy (non-hydrogen) atoms. The third-order valence-electron chi connectivity index (χ3n) is 3.73. The zero-order valence-electron chi connectivity index (χ0n) is 13.8. The highest BCUT2D eigenvalue weighted by Crippen LogP contribution is 2.31. The second kappa shape index (κ2) is 7.48. The number of ether oxygens (including phenoxy) is 1. The smallest absolute Gasteiger partial charge is 0.416 e. The molecule has 0 saturated heterocycles. The molecule has 0 aliphatic heterocycles. The van der Waals surface area contributed by atoms with Gasteiger partial charge in [0.2, 0.25) is 0 Å². The molecule has 0 spiro atoms. The molecule has 1 amide bonds. The summed E-state index contributed by atoms with van der Waals surface area (Å²) in [7, 11) is 0. The number of amides is 1. The van der Waals surface area contributed by atoms with Crippen LogP contribution in [0.1, 0.15) is 16.1 Å². The van der Waals surface area contributed by atoms with Crippen LogP contribution in [0, 0.1) is 0 Å². The van der Waals surface area contributed by atoms with Crippen molar-refractivity contribution in [3.63, 3.8) is 0 Å². The highest BCUT2D eigenvalue weighted by Gasteiger charge is 2.30. The van der Waals surface area contributed by atoms with Gasteiger partial charge in [0.05, 0.1) is 17.5 Å². The number of H-pyrrole nitrogens is 1. The summed E-state index contributed by atoms with van der Waals surface area (Å²) < 4.78 is 43.2. The Morgan fingerprint density at radius 2 is 1.85 bits per heavy atom. The number of fused-ring (bicyclic) bond motifs is 1. The summed E-state index contributed by atoms with van der Waals surface area (Å²) in [5.41, 5.74) is -1.17. The number of halogens is 3. The van der Waals surface area contributed by atoms with Crippen LogP contribution in [0.2, 0.25) is 0 Å².